The molecule has 1 aromatic rings. The van der Waals surface area contributed by atoms with E-state index in [9.17, 15) is 14.7 Å². The van der Waals surface area contributed by atoms with E-state index in [1.807, 2.05) is 6.07 Å². The topological polar surface area (TPSA) is 54.4 Å². The largest absolute Gasteiger partial charge is 0.388 e. The van der Waals surface area contributed by atoms with Crippen LogP contribution in [0, 0.1) is 0 Å². The molecular weight excluding hydrogens is 168 g/mol. The van der Waals surface area contributed by atoms with Crippen molar-refractivity contribution >= 4 is 12.1 Å². The van der Waals surface area contributed by atoms with Gasteiger partial charge in [0.2, 0.25) is 0 Å². The summed E-state index contributed by atoms with van der Waals surface area (Å²) < 4.78 is 0. The molecule has 0 aliphatic rings. The first kappa shape index (κ1) is 9.61. The van der Waals surface area contributed by atoms with Gasteiger partial charge in [0.1, 0.15) is 0 Å². The molecule has 0 saturated carbocycles. The number of rotatable bonds is 4. The third-order valence-corrected chi connectivity index (χ3v) is 1.71. The molecule has 0 aromatic heterocycles. The number of aliphatic hydroxyl groups excluding tert-OH is 1. The fourth-order valence-corrected chi connectivity index (χ4v) is 1.03. The molecule has 0 amide bonds. The minimum absolute atomic E-state index is 0.145. The maximum absolute atomic E-state index is 10.7. The van der Waals surface area contributed by atoms with E-state index in [0.717, 1.165) is 0 Å². The number of ketones is 1. The lowest BCUT2D eigenvalue weighted by molar-refractivity contribution is -0.131. The second kappa shape index (κ2) is 4.52. The van der Waals surface area contributed by atoms with Crippen molar-refractivity contribution in [3.05, 3.63) is 35.9 Å². The smallest absolute Gasteiger partial charge is 0.198 e. The molecule has 0 spiro atoms. The van der Waals surface area contributed by atoms with Crippen LogP contribution in [0.1, 0.15) is 18.1 Å². The first-order valence-corrected chi connectivity index (χ1v) is 3.95. The van der Waals surface area contributed by atoms with Crippen LogP contribution in [0.5, 0.6) is 0 Å². The number of hydrogen-bond donors (Lipinski definition) is 1. The van der Waals surface area contributed by atoms with Gasteiger partial charge >= 0.3 is 0 Å². The summed E-state index contributed by atoms with van der Waals surface area (Å²) in [5.41, 5.74) is 0.651. The van der Waals surface area contributed by atoms with Crippen LogP contribution in [0.25, 0.3) is 0 Å². The van der Waals surface area contributed by atoms with Crippen LogP contribution in [0.2, 0.25) is 0 Å². The van der Waals surface area contributed by atoms with Gasteiger partial charge in [0.25, 0.3) is 0 Å². The quantitative estimate of drug-likeness (QED) is 0.550. The predicted octanol–water partition coefficient (Wildman–Crippen LogP) is 0.878. The third-order valence-electron chi connectivity index (χ3n) is 1.71. The minimum Gasteiger partial charge on any atom is -0.388 e. The van der Waals surface area contributed by atoms with Gasteiger partial charge in [-0.25, -0.2) is 0 Å². The Labute approximate surface area is 76.0 Å². The van der Waals surface area contributed by atoms with E-state index in [2.05, 4.69) is 0 Å². The van der Waals surface area contributed by atoms with Crippen LogP contribution in [-0.4, -0.2) is 17.2 Å². The first-order valence-electron chi connectivity index (χ1n) is 3.95. The van der Waals surface area contributed by atoms with Gasteiger partial charge in [0, 0.05) is 6.42 Å². The SMILES string of the molecule is O=CC(=O)CC(O)c1ccccc1. The van der Waals surface area contributed by atoms with Gasteiger partial charge in [-0.2, -0.15) is 0 Å². The van der Waals surface area contributed by atoms with E-state index in [-0.39, 0.29) is 12.7 Å². The Balaban J connectivity index is 2.63. The highest BCUT2D eigenvalue weighted by Crippen LogP contribution is 2.15. The molecule has 0 fully saturated rings. The first-order chi connectivity index (χ1) is 6.24. The lowest BCUT2D eigenvalue weighted by atomic mass is 10.1. The van der Waals surface area contributed by atoms with Gasteiger partial charge in [-0.15, -0.1) is 0 Å². The van der Waals surface area contributed by atoms with E-state index >= 15 is 0 Å². The molecule has 13 heavy (non-hydrogen) atoms. The second-order valence-corrected chi connectivity index (χ2v) is 2.71. The van der Waals surface area contributed by atoms with Crippen LogP contribution in [0.3, 0.4) is 0 Å². The molecule has 3 nitrogen and oxygen atoms in total. The molecule has 0 heterocycles. The average molecular weight is 178 g/mol. The molecule has 68 valence electrons. The zero-order chi connectivity index (χ0) is 9.68. The summed E-state index contributed by atoms with van der Waals surface area (Å²) in [4.78, 5) is 20.7. The number of aldehydes is 1. The monoisotopic (exact) mass is 178 g/mol. The summed E-state index contributed by atoms with van der Waals surface area (Å²) in [6.07, 6.45) is -0.793. The Morgan fingerprint density at radius 1 is 1.38 bits per heavy atom. The van der Waals surface area contributed by atoms with Crippen molar-refractivity contribution in [1.29, 1.82) is 0 Å². The highest BCUT2D eigenvalue weighted by atomic mass is 16.3. The van der Waals surface area contributed by atoms with E-state index in [1.54, 1.807) is 24.3 Å². The van der Waals surface area contributed by atoms with E-state index in [4.69, 9.17) is 0 Å². The maximum Gasteiger partial charge on any atom is 0.198 e. The summed E-state index contributed by atoms with van der Waals surface area (Å²) in [7, 11) is 0. The molecule has 1 rings (SSSR count). The lowest BCUT2D eigenvalue weighted by Crippen LogP contribution is -2.06. The zero-order valence-electron chi connectivity index (χ0n) is 7.01. The summed E-state index contributed by atoms with van der Waals surface area (Å²) >= 11 is 0. The van der Waals surface area contributed by atoms with E-state index in [0.29, 0.717) is 5.56 Å². The molecule has 3 heteroatoms. The van der Waals surface area contributed by atoms with Gasteiger partial charge < -0.3 is 5.11 Å². The normalized spacial score (nSPS) is 12.1. The summed E-state index contributed by atoms with van der Waals surface area (Å²) in [5.74, 6) is -0.587. The maximum atomic E-state index is 10.7. The fourth-order valence-electron chi connectivity index (χ4n) is 1.03. The molecule has 0 aliphatic heterocycles. The molecule has 1 atom stereocenters. The van der Waals surface area contributed by atoms with Crippen molar-refractivity contribution in [2.75, 3.05) is 0 Å². The molecule has 0 saturated heterocycles. The van der Waals surface area contributed by atoms with Crippen molar-refractivity contribution in [1.82, 2.24) is 0 Å². The number of benzene rings is 1. The third kappa shape index (κ3) is 2.80. The number of carbonyl (C=O) groups excluding carboxylic acids is 2. The lowest BCUT2D eigenvalue weighted by Gasteiger charge is -2.06. The van der Waals surface area contributed by atoms with Gasteiger partial charge in [-0.1, -0.05) is 30.3 Å². The second-order valence-electron chi connectivity index (χ2n) is 2.71. The van der Waals surface area contributed by atoms with Crippen molar-refractivity contribution < 1.29 is 14.7 Å². The van der Waals surface area contributed by atoms with Crippen LogP contribution >= 0.6 is 0 Å². The Morgan fingerprint density at radius 2 is 2.00 bits per heavy atom. The Kier molecular flexibility index (Phi) is 3.34. The number of carbonyl (C=O) groups is 2. The Morgan fingerprint density at radius 3 is 2.54 bits per heavy atom. The molecule has 1 N–H and O–H groups in total. The number of Topliss-reactive ketones (excluding diaryl/α,β-unsaturated/α-hetero) is 1. The van der Waals surface area contributed by atoms with E-state index in [1.165, 1.54) is 0 Å². The Bertz CT molecular complexity index is 292. The van der Waals surface area contributed by atoms with Crippen LogP contribution in [0.4, 0.5) is 0 Å². The fraction of sp³-hybridized carbons (Fsp3) is 0.200. The van der Waals surface area contributed by atoms with Gasteiger partial charge in [-0.3, -0.25) is 9.59 Å². The molecular formula is C10H10O3. The summed E-state index contributed by atoms with van der Waals surface area (Å²) in [6.45, 7) is 0. The van der Waals surface area contributed by atoms with Crippen LogP contribution in [0.15, 0.2) is 30.3 Å². The zero-order valence-corrected chi connectivity index (χ0v) is 7.01. The molecule has 1 aromatic carbocycles. The van der Waals surface area contributed by atoms with Crippen LogP contribution < -0.4 is 0 Å². The highest BCUT2D eigenvalue weighted by Gasteiger charge is 2.11. The van der Waals surface area contributed by atoms with Crippen molar-refractivity contribution in [2.24, 2.45) is 0 Å². The molecule has 1 unspecified atom stereocenters. The Hall–Kier alpha value is -1.48. The highest BCUT2D eigenvalue weighted by molar-refractivity contribution is 6.25. The number of hydrogen-bond acceptors (Lipinski definition) is 3. The summed E-state index contributed by atoms with van der Waals surface area (Å²) in [5, 5.41) is 9.44. The van der Waals surface area contributed by atoms with Crippen LogP contribution in [-0.2, 0) is 9.59 Å². The standard InChI is InChI=1S/C10H10O3/c11-7-9(12)6-10(13)8-4-2-1-3-5-8/h1-5,7,10,13H,6H2. The minimum atomic E-state index is -0.876. The van der Waals surface area contributed by atoms with E-state index < -0.39 is 11.9 Å². The molecule has 0 bridgehead atoms. The summed E-state index contributed by atoms with van der Waals surface area (Å²) in [6, 6.07) is 8.77. The van der Waals surface area contributed by atoms with Gasteiger partial charge in [-0.05, 0) is 5.56 Å². The number of aliphatic hydroxyl groups is 1. The molecule has 0 radical (unpaired) electrons. The average Bonchev–Trinajstić information content (AvgIpc) is 2.19. The van der Waals surface area contributed by atoms with Gasteiger partial charge in [0.05, 0.1) is 6.10 Å². The predicted molar refractivity (Wildman–Crippen MR) is 47.1 cm³/mol. The van der Waals surface area contributed by atoms with Crippen molar-refractivity contribution in [3.63, 3.8) is 0 Å². The van der Waals surface area contributed by atoms with Crippen molar-refractivity contribution in [2.45, 2.75) is 12.5 Å². The van der Waals surface area contributed by atoms with Gasteiger partial charge in [0.15, 0.2) is 12.1 Å². The molecule has 0 aliphatic carbocycles. The van der Waals surface area contributed by atoms with Crippen molar-refractivity contribution in [3.8, 4) is 0 Å².